The van der Waals surface area contributed by atoms with Crippen LogP contribution in [0.4, 0.5) is 0 Å². The van der Waals surface area contributed by atoms with Gasteiger partial charge in [0.25, 0.3) is 0 Å². The number of rotatable bonds is 15. The van der Waals surface area contributed by atoms with Gasteiger partial charge in [0.1, 0.15) is 0 Å². The molecule has 1 saturated heterocycles. The summed E-state index contributed by atoms with van der Waals surface area (Å²) >= 11 is 0. The summed E-state index contributed by atoms with van der Waals surface area (Å²) in [6, 6.07) is 0. The normalized spacial score (nSPS) is 20.6. The molecular weight excluding hydrogens is 264 g/mol. The number of carboxylic acid groups (broad SMARTS) is 1. The van der Waals surface area contributed by atoms with Gasteiger partial charge in [-0.1, -0.05) is 71.1 Å². The Bertz CT molecular complexity index is 265. The van der Waals surface area contributed by atoms with Gasteiger partial charge in [-0.25, -0.2) is 0 Å². The SMILES string of the molecule is CCCCCCCC1OC1CCCCCCCCC(=O)O. The van der Waals surface area contributed by atoms with Crippen molar-refractivity contribution in [3.05, 3.63) is 0 Å². The Morgan fingerprint density at radius 3 is 1.81 bits per heavy atom. The first-order valence-corrected chi connectivity index (χ1v) is 9.11. The maximum Gasteiger partial charge on any atom is 0.303 e. The average Bonchev–Trinajstić information content (AvgIpc) is 3.20. The van der Waals surface area contributed by atoms with Gasteiger partial charge in [-0.05, 0) is 19.3 Å². The molecule has 0 bridgehead atoms. The Hall–Kier alpha value is -0.570. The smallest absolute Gasteiger partial charge is 0.303 e. The Morgan fingerprint density at radius 1 is 0.810 bits per heavy atom. The van der Waals surface area contributed by atoms with Crippen molar-refractivity contribution in [2.75, 3.05) is 0 Å². The van der Waals surface area contributed by atoms with Crippen LogP contribution in [0, 0.1) is 0 Å². The van der Waals surface area contributed by atoms with Crippen molar-refractivity contribution >= 4 is 5.97 Å². The maximum atomic E-state index is 10.4. The van der Waals surface area contributed by atoms with Gasteiger partial charge in [-0.15, -0.1) is 0 Å². The highest BCUT2D eigenvalue weighted by Crippen LogP contribution is 2.31. The zero-order valence-corrected chi connectivity index (χ0v) is 13.8. The summed E-state index contributed by atoms with van der Waals surface area (Å²) in [5.41, 5.74) is 0. The molecule has 0 spiro atoms. The van der Waals surface area contributed by atoms with Crippen LogP contribution >= 0.6 is 0 Å². The van der Waals surface area contributed by atoms with E-state index >= 15 is 0 Å². The minimum Gasteiger partial charge on any atom is -0.481 e. The van der Waals surface area contributed by atoms with Crippen LogP contribution in [0.15, 0.2) is 0 Å². The van der Waals surface area contributed by atoms with Gasteiger partial charge in [0.15, 0.2) is 0 Å². The first-order chi connectivity index (χ1) is 10.2. The third-order valence-electron chi connectivity index (χ3n) is 4.41. The van der Waals surface area contributed by atoms with Crippen molar-refractivity contribution in [3.8, 4) is 0 Å². The molecule has 1 aliphatic rings. The fourth-order valence-corrected chi connectivity index (χ4v) is 2.96. The number of carbonyl (C=O) groups is 1. The van der Waals surface area contributed by atoms with Crippen molar-refractivity contribution in [2.45, 2.75) is 109 Å². The van der Waals surface area contributed by atoms with E-state index in [1.807, 2.05) is 0 Å². The minimum atomic E-state index is -0.665. The molecule has 0 aromatic carbocycles. The molecule has 3 nitrogen and oxygen atoms in total. The topological polar surface area (TPSA) is 49.8 Å². The van der Waals surface area contributed by atoms with Crippen molar-refractivity contribution in [2.24, 2.45) is 0 Å². The second kappa shape index (κ2) is 12.0. The molecule has 0 aromatic heterocycles. The highest BCUT2D eigenvalue weighted by molar-refractivity contribution is 5.66. The van der Waals surface area contributed by atoms with E-state index in [1.165, 1.54) is 70.6 Å². The first-order valence-electron chi connectivity index (χ1n) is 9.11. The standard InChI is InChI=1S/C18H34O3/c1-2-3-4-7-10-13-16-17(21-16)14-11-8-5-6-9-12-15-18(19)20/h16-17H,2-15H2,1H3,(H,19,20). The molecule has 1 rings (SSSR count). The third kappa shape index (κ3) is 10.8. The number of hydrogen-bond donors (Lipinski definition) is 1. The summed E-state index contributed by atoms with van der Waals surface area (Å²) in [6.45, 7) is 2.26. The Labute approximate surface area is 130 Å². The van der Waals surface area contributed by atoms with Gasteiger partial charge < -0.3 is 9.84 Å². The predicted molar refractivity (Wildman–Crippen MR) is 86.6 cm³/mol. The number of hydrogen-bond acceptors (Lipinski definition) is 2. The van der Waals surface area contributed by atoms with Crippen LogP contribution in [0.25, 0.3) is 0 Å². The zero-order valence-electron chi connectivity index (χ0n) is 13.8. The summed E-state index contributed by atoms with van der Waals surface area (Å²) in [5.74, 6) is -0.665. The van der Waals surface area contributed by atoms with Crippen molar-refractivity contribution in [1.29, 1.82) is 0 Å². The number of unbranched alkanes of at least 4 members (excludes halogenated alkanes) is 9. The molecule has 1 fully saturated rings. The molecule has 1 N–H and O–H groups in total. The molecule has 0 saturated carbocycles. The average molecular weight is 298 g/mol. The summed E-state index contributed by atoms with van der Waals surface area (Å²) < 4.78 is 5.73. The lowest BCUT2D eigenvalue weighted by Crippen LogP contribution is -1.95. The largest absolute Gasteiger partial charge is 0.481 e. The summed E-state index contributed by atoms with van der Waals surface area (Å²) in [4.78, 5) is 10.4. The molecule has 0 aliphatic carbocycles. The van der Waals surface area contributed by atoms with Crippen LogP contribution in [-0.4, -0.2) is 23.3 Å². The monoisotopic (exact) mass is 298 g/mol. The van der Waals surface area contributed by atoms with Gasteiger partial charge >= 0.3 is 5.97 Å². The number of carboxylic acids is 1. The highest BCUT2D eigenvalue weighted by atomic mass is 16.6. The lowest BCUT2D eigenvalue weighted by molar-refractivity contribution is -0.137. The third-order valence-corrected chi connectivity index (χ3v) is 4.41. The van der Waals surface area contributed by atoms with E-state index in [4.69, 9.17) is 9.84 Å². The van der Waals surface area contributed by atoms with Crippen LogP contribution in [-0.2, 0) is 9.53 Å². The van der Waals surface area contributed by atoms with Crippen LogP contribution in [0.3, 0.4) is 0 Å². The zero-order chi connectivity index (χ0) is 15.3. The van der Waals surface area contributed by atoms with Crippen molar-refractivity contribution in [1.82, 2.24) is 0 Å². The molecule has 21 heavy (non-hydrogen) atoms. The molecule has 2 unspecified atom stereocenters. The Kier molecular flexibility index (Phi) is 10.6. The predicted octanol–water partition coefficient (Wildman–Crippen LogP) is 5.32. The van der Waals surface area contributed by atoms with E-state index in [1.54, 1.807) is 0 Å². The summed E-state index contributed by atoms with van der Waals surface area (Å²) in [7, 11) is 0. The highest BCUT2D eigenvalue weighted by Gasteiger charge is 2.36. The van der Waals surface area contributed by atoms with Gasteiger partial charge in [0, 0.05) is 6.42 Å². The molecule has 0 aromatic rings. The van der Waals surface area contributed by atoms with Gasteiger partial charge in [0.05, 0.1) is 12.2 Å². The van der Waals surface area contributed by atoms with Crippen LogP contribution in [0.1, 0.15) is 96.8 Å². The van der Waals surface area contributed by atoms with Crippen molar-refractivity contribution in [3.63, 3.8) is 0 Å². The van der Waals surface area contributed by atoms with Gasteiger partial charge in [-0.3, -0.25) is 4.79 Å². The fraction of sp³-hybridized carbons (Fsp3) is 0.944. The van der Waals surface area contributed by atoms with E-state index in [0.717, 1.165) is 12.8 Å². The second-order valence-electron chi connectivity index (χ2n) is 6.47. The van der Waals surface area contributed by atoms with Crippen LogP contribution < -0.4 is 0 Å². The Balaban J connectivity index is 1.76. The van der Waals surface area contributed by atoms with Crippen molar-refractivity contribution < 1.29 is 14.6 Å². The second-order valence-corrected chi connectivity index (χ2v) is 6.47. The molecule has 3 heteroatoms. The van der Waals surface area contributed by atoms with Gasteiger partial charge in [-0.2, -0.15) is 0 Å². The molecule has 0 amide bonds. The maximum absolute atomic E-state index is 10.4. The number of ether oxygens (including phenoxy) is 1. The molecular formula is C18H34O3. The molecule has 1 heterocycles. The Morgan fingerprint density at radius 2 is 1.29 bits per heavy atom. The minimum absolute atomic E-state index is 0.329. The number of epoxide rings is 1. The van der Waals surface area contributed by atoms with Crippen LogP contribution in [0.5, 0.6) is 0 Å². The molecule has 2 atom stereocenters. The first kappa shape index (κ1) is 18.5. The van der Waals surface area contributed by atoms with Gasteiger partial charge in [0.2, 0.25) is 0 Å². The molecule has 1 aliphatic heterocycles. The summed E-state index contributed by atoms with van der Waals surface area (Å²) in [5, 5.41) is 8.54. The lowest BCUT2D eigenvalue weighted by atomic mass is 10.0. The number of aliphatic carboxylic acids is 1. The molecule has 0 radical (unpaired) electrons. The van der Waals surface area contributed by atoms with E-state index in [2.05, 4.69) is 6.92 Å². The molecule has 124 valence electrons. The summed E-state index contributed by atoms with van der Waals surface area (Å²) in [6.07, 6.45) is 17.6. The van der Waals surface area contributed by atoms with Crippen LogP contribution in [0.2, 0.25) is 0 Å². The van der Waals surface area contributed by atoms with E-state index in [9.17, 15) is 4.79 Å². The quantitative estimate of drug-likeness (QED) is 0.329. The lowest BCUT2D eigenvalue weighted by Gasteiger charge is -2.00. The van der Waals surface area contributed by atoms with E-state index < -0.39 is 5.97 Å². The van der Waals surface area contributed by atoms with E-state index in [0.29, 0.717) is 18.6 Å². The van der Waals surface area contributed by atoms with E-state index in [-0.39, 0.29) is 0 Å². The fourth-order valence-electron chi connectivity index (χ4n) is 2.96.